The fraction of sp³-hybridized carbons (Fsp3) is 0.0909. The first kappa shape index (κ1) is 8.23. The minimum atomic E-state index is 0.525. The lowest BCUT2D eigenvalue weighted by Gasteiger charge is -1.95. The van der Waals surface area contributed by atoms with E-state index < -0.39 is 0 Å². The van der Waals surface area contributed by atoms with E-state index >= 15 is 0 Å². The van der Waals surface area contributed by atoms with Crippen molar-refractivity contribution in [2.45, 2.75) is 6.92 Å². The molecule has 3 aromatic rings. The maximum atomic E-state index is 5.85. The van der Waals surface area contributed by atoms with Gasteiger partial charge in [-0.3, -0.25) is 0 Å². The van der Waals surface area contributed by atoms with E-state index in [4.69, 9.17) is 5.73 Å². The van der Waals surface area contributed by atoms with E-state index in [0.717, 1.165) is 21.9 Å². The summed E-state index contributed by atoms with van der Waals surface area (Å²) in [5, 5.41) is 2.00. The first-order valence-electron chi connectivity index (χ1n) is 4.74. The maximum absolute atomic E-state index is 5.85. The van der Waals surface area contributed by atoms with Gasteiger partial charge in [-0.2, -0.15) is 0 Å². The van der Waals surface area contributed by atoms with Gasteiger partial charge < -0.3 is 10.7 Å². The molecule has 2 aromatic heterocycles. The van der Waals surface area contributed by atoms with Gasteiger partial charge >= 0.3 is 0 Å². The molecule has 1 aromatic carbocycles. The summed E-state index contributed by atoms with van der Waals surface area (Å²) in [7, 11) is 0. The van der Waals surface area contributed by atoms with Crippen molar-refractivity contribution in [1.29, 1.82) is 0 Å². The monoisotopic (exact) mass is 198 g/mol. The van der Waals surface area contributed by atoms with Crippen LogP contribution in [0.25, 0.3) is 21.9 Å². The standard InChI is InChI=1S/C11H10N4/c1-6-2-3-8-7(4-6)9-10(12)13-5-14-11(9)15-8/h2-5H,1H3,(H3,12,13,14,15). The van der Waals surface area contributed by atoms with Crippen LogP contribution in [0.4, 0.5) is 5.82 Å². The number of hydrogen-bond acceptors (Lipinski definition) is 3. The summed E-state index contributed by atoms with van der Waals surface area (Å²) in [6.07, 6.45) is 1.47. The predicted octanol–water partition coefficient (Wildman–Crippen LogP) is 2.00. The highest BCUT2D eigenvalue weighted by molar-refractivity contribution is 6.10. The number of fused-ring (bicyclic) bond motifs is 3. The molecule has 3 N–H and O–H groups in total. The molecule has 0 aliphatic carbocycles. The molecule has 0 amide bonds. The van der Waals surface area contributed by atoms with E-state index in [1.165, 1.54) is 11.9 Å². The molecule has 0 fully saturated rings. The lowest BCUT2D eigenvalue weighted by molar-refractivity contribution is 1.21. The Hall–Kier alpha value is -2.10. The van der Waals surface area contributed by atoms with Gasteiger partial charge in [0, 0.05) is 10.9 Å². The Morgan fingerprint density at radius 2 is 2.13 bits per heavy atom. The van der Waals surface area contributed by atoms with Crippen molar-refractivity contribution in [3.05, 3.63) is 30.1 Å². The van der Waals surface area contributed by atoms with Crippen LogP contribution in [-0.2, 0) is 0 Å². The second kappa shape index (κ2) is 2.70. The zero-order chi connectivity index (χ0) is 10.4. The number of nitrogens with zero attached hydrogens (tertiary/aromatic N) is 2. The molecule has 2 heterocycles. The second-order valence-corrected chi connectivity index (χ2v) is 3.66. The van der Waals surface area contributed by atoms with Gasteiger partial charge in [-0.15, -0.1) is 0 Å². The number of aromatic amines is 1. The molecule has 3 rings (SSSR count). The number of benzene rings is 1. The Morgan fingerprint density at radius 3 is 3.00 bits per heavy atom. The second-order valence-electron chi connectivity index (χ2n) is 3.66. The molecule has 0 bridgehead atoms. The minimum Gasteiger partial charge on any atom is -0.383 e. The van der Waals surface area contributed by atoms with E-state index in [-0.39, 0.29) is 0 Å². The molecule has 0 spiro atoms. The van der Waals surface area contributed by atoms with Crippen LogP contribution >= 0.6 is 0 Å². The third kappa shape index (κ3) is 1.08. The summed E-state index contributed by atoms with van der Waals surface area (Å²) in [6.45, 7) is 2.05. The molecular weight excluding hydrogens is 188 g/mol. The van der Waals surface area contributed by atoms with Gasteiger partial charge in [0.25, 0.3) is 0 Å². The zero-order valence-electron chi connectivity index (χ0n) is 8.28. The van der Waals surface area contributed by atoms with Crippen molar-refractivity contribution >= 4 is 27.8 Å². The average Bonchev–Trinajstić information content (AvgIpc) is 2.57. The number of nitrogen functional groups attached to an aromatic ring is 1. The first-order valence-corrected chi connectivity index (χ1v) is 4.74. The molecule has 0 aliphatic rings. The molecule has 74 valence electrons. The number of aromatic nitrogens is 3. The largest absolute Gasteiger partial charge is 0.383 e. The van der Waals surface area contributed by atoms with Crippen molar-refractivity contribution in [1.82, 2.24) is 15.0 Å². The fourth-order valence-corrected chi connectivity index (χ4v) is 1.86. The van der Waals surface area contributed by atoms with Gasteiger partial charge in [0.15, 0.2) is 0 Å². The molecule has 0 aliphatic heterocycles. The van der Waals surface area contributed by atoms with Gasteiger partial charge in [0.2, 0.25) is 0 Å². The number of nitrogens with two attached hydrogens (primary N) is 1. The highest BCUT2D eigenvalue weighted by Crippen LogP contribution is 2.27. The summed E-state index contributed by atoms with van der Waals surface area (Å²) in [5.41, 5.74) is 8.89. The van der Waals surface area contributed by atoms with Gasteiger partial charge in [-0.25, -0.2) is 9.97 Å². The van der Waals surface area contributed by atoms with Crippen LogP contribution in [0.1, 0.15) is 5.56 Å². The number of aryl methyl sites for hydroxylation is 1. The highest BCUT2D eigenvalue weighted by atomic mass is 15.0. The molecule has 15 heavy (non-hydrogen) atoms. The van der Waals surface area contributed by atoms with Crippen LogP contribution in [0.15, 0.2) is 24.5 Å². The van der Waals surface area contributed by atoms with E-state index in [9.17, 15) is 0 Å². The lowest BCUT2D eigenvalue weighted by Crippen LogP contribution is -1.91. The van der Waals surface area contributed by atoms with Gasteiger partial charge in [-0.05, 0) is 19.1 Å². The smallest absolute Gasteiger partial charge is 0.143 e. The molecule has 0 unspecified atom stereocenters. The maximum Gasteiger partial charge on any atom is 0.143 e. The Bertz CT molecular complexity index is 654. The quantitative estimate of drug-likeness (QED) is 0.580. The zero-order valence-corrected chi connectivity index (χ0v) is 8.28. The Morgan fingerprint density at radius 1 is 1.27 bits per heavy atom. The molecule has 0 radical (unpaired) electrons. The summed E-state index contributed by atoms with van der Waals surface area (Å²) >= 11 is 0. The van der Waals surface area contributed by atoms with Crippen LogP contribution in [0.3, 0.4) is 0 Å². The summed E-state index contributed by atoms with van der Waals surface area (Å²) in [4.78, 5) is 11.4. The van der Waals surface area contributed by atoms with Crippen molar-refractivity contribution in [2.75, 3.05) is 5.73 Å². The summed E-state index contributed by atoms with van der Waals surface area (Å²) < 4.78 is 0. The van der Waals surface area contributed by atoms with E-state index in [0.29, 0.717) is 5.82 Å². The Balaban J connectivity index is 2.61. The molecule has 0 saturated heterocycles. The van der Waals surface area contributed by atoms with Crippen LogP contribution < -0.4 is 5.73 Å². The van der Waals surface area contributed by atoms with Crippen molar-refractivity contribution in [3.63, 3.8) is 0 Å². The number of hydrogen-bond donors (Lipinski definition) is 2. The number of H-pyrrole nitrogens is 1. The van der Waals surface area contributed by atoms with E-state index in [2.05, 4.69) is 34.0 Å². The fourth-order valence-electron chi connectivity index (χ4n) is 1.86. The van der Waals surface area contributed by atoms with Crippen LogP contribution in [0.5, 0.6) is 0 Å². The first-order chi connectivity index (χ1) is 7.25. The van der Waals surface area contributed by atoms with Gasteiger partial charge in [0.1, 0.15) is 17.8 Å². The van der Waals surface area contributed by atoms with Crippen molar-refractivity contribution in [3.8, 4) is 0 Å². The Kier molecular flexibility index (Phi) is 1.48. The highest BCUT2D eigenvalue weighted by Gasteiger charge is 2.08. The average molecular weight is 198 g/mol. The summed E-state index contributed by atoms with van der Waals surface area (Å²) in [6, 6.07) is 6.18. The normalized spacial score (nSPS) is 11.3. The minimum absolute atomic E-state index is 0.525. The third-order valence-corrected chi connectivity index (χ3v) is 2.57. The van der Waals surface area contributed by atoms with Crippen LogP contribution in [0, 0.1) is 6.92 Å². The third-order valence-electron chi connectivity index (χ3n) is 2.57. The molecule has 0 saturated carbocycles. The summed E-state index contributed by atoms with van der Waals surface area (Å²) in [5.74, 6) is 0.525. The number of anilines is 1. The van der Waals surface area contributed by atoms with Gasteiger partial charge in [-0.1, -0.05) is 11.6 Å². The SMILES string of the molecule is Cc1ccc2[nH]c3ncnc(N)c3c2c1. The predicted molar refractivity (Wildman–Crippen MR) is 60.5 cm³/mol. The van der Waals surface area contributed by atoms with Gasteiger partial charge in [0.05, 0.1) is 5.39 Å². The topological polar surface area (TPSA) is 67.6 Å². The molecule has 4 heteroatoms. The van der Waals surface area contributed by atoms with Crippen LogP contribution in [-0.4, -0.2) is 15.0 Å². The van der Waals surface area contributed by atoms with Crippen molar-refractivity contribution < 1.29 is 0 Å². The van der Waals surface area contributed by atoms with Crippen molar-refractivity contribution in [2.24, 2.45) is 0 Å². The molecular formula is C11H10N4. The lowest BCUT2D eigenvalue weighted by atomic mass is 10.1. The van der Waals surface area contributed by atoms with Crippen LogP contribution in [0.2, 0.25) is 0 Å². The molecule has 0 atom stereocenters. The molecule has 4 nitrogen and oxygen atoms in total. The Labute approximate surface area is 86.1 Å². The van der Waals surface area contributed by atoms with E-state index in [1.54, 1.807) is 0 Å². The number of nitrogens with one attached hydrogen (secondary N) is 1. The number of rotatable bonds is 0. The van der Waals surface area contributed by atoms with E-state index in [1.807, 2.05) is 6.07 Å².